The van der Waals surface area contributed by atoms with Crippen LogP contribution in [0.3, 0.4) is 0 Å². The molecule has 2 rings (SSSR count). The summed E-state index contributed by atoms with van der Waals surface area (Å²) in [4.78, 5) is 12.1. The molecular weight excluding hydrogens is 284 g/mol. The second-order valence-electron chi connectivity index (χ2n) is 4.09. The number of carbonyl (C=O) groups is 1. The van der Waals surface area contributed by atoms with Crippen molar-refractivity contribution >= 4 is 32.3 Å². The van der Waals surface area contributed by atoms with Gasteiger partial charge < -0.3 is 5.32 Å². The SMILES string of the molecule is Cc1cc(NC(=O)c2cccc(S(C)(=O)=O)c2)sn1. The first-order valence-corrected chi connectivity index (χ1v) is 8.07. The number of nitrogens with zero attached hydrogens (tertiary/aromatic N) is 1. The Hall–Kier alpha value is -1.73. The topological polar surface area (TPSA) is 76.1 Å². The Balaban J connectivity index is 2.25. The smallest absolute Gasteiger partial charge is 0.256 e. The van der Waals surface area contributed by atoms with Crippen molar-refractivity contribution in [3.05, 3.63) is 41.6 Å². The lowest BCUT2D eigenvalue weighted by Gasteiger charge is -2.04. The maximum atomic E-state index is 12.0. The summed E-state index contributed by atoms with van der Waals surface area (Å²) in [6.07, 6.45) is 1.11. The molecule has 1 amide bonds. The van der Waals surface area contributed by atoms with E-state index in [1.54, 1.807) is 18.2 Å². The predicted octanol–water partition coefficient (Wildman–Crippen LogP) is 2.11. The van der Waals surface area contributed by atoms with E-state index < -0.39 is 9.84 Å². The average molecular weight is 296 g/mol. The highest BCUT2D eigenvalue weighted by Gasteiger charge is 2.12. The molecule has 0 fully saturated rings. The lowest BCUT2D eigenvalue weighted by atomic mass is 10.2. The molecule has 7 heteroatoms. The Kier molecular flexibility index (Phi) is 3.68. The van der Waals surface area contributed by atoms with Crippen LogP contribution in [-0.2, 0) is 9.84 Å². The quantitative estimate of drug-likeness (QED) is 0.941. The zero-order valence-electron chi connectivity index (χ0n) is 10.4. The maximum absolute atomic E-state index is 12.0. The van der Waals surface area contributed by atoms with Crippen molar-refractivity contribution in [2.24, 2.45) is 0 Å². The summed E-state index contributed by atoms with van der Waals surface area (Å²) >= 11 is 1.18. The summed E-state index contributed by atoms with van der Waals surface area (Å²) in [6.45, 7) is 1.83. The van der Waals surface area contributed by atoms with E-state index in [1.807, 2.05) is 6.92 Å². The van der Waals surface area contributed by atoms with E-state index in [1.165, 1.54) is 23.7 Å². The second kappa shape index (κ2) is 5.10. The fraction of sp³-hybridized carbons (Fsp3) is 0.167. The highest BCUT2D eigenvalue weighted by molar-refractivity contribution is 7.90. The molecule has 0 aliphatic rings. The average Bonchev–Trinajstić information content (AvgIpc) is 2.74. The van der Waals surface area contributed by atoms with Gasteiger partial charge in [-0.1, -0.05) is 6.07 Å². The van der Waals surface area contributed by atoms with Gasteiger partial charge in [0.05, 0.1) is 10.6 Å². The molecule has 1 aromatic carbocycles. The minimum absolute atomic E-state index is 0.126. The summed E-state index contributed by atoms with van der Waals surface area (Å²) in [6, 6.07) is 7.69. The van der Waals surface area contributed by atoms with Gasteiger partial charge in [0, 0.05) is 11.8 Å². The Bertz CT molecular complexity index is 720. The number of benzene rings is 1. The van der Waals surface area contributed by atoms with Crippen molar-refractivity contribution in [2.45, 2.75) is 11.8 Å². The number of hydrogen-bond donors (Lipinski definition) is 1. The molecule has 1 heterocycles. The second-order valence-corrected chi connectivity index (χ2v) is 6.91. The van der Waals surface area contributed by atoms with E-state index >= 15 is 0 Å². The number of aromatic nitrogens is 1. The van der Waals surface area contributed by atoms with Gasteiger partial charge in [-0.25, -0.2) is 8.42 Å². The van der Waals surface area contributed by atoms with Crippen LogP contribution in [0.15, 0.2) is 35.2 Å². The third kappa shape index (κ3) is 3.39. The number of hydrogen-bond acceptors (Lipinski definition) is 5. The molecule has 5 nitrogen and oxygen atoms in total. The maximum Gasteiger partial charge on any atom is 0.256 e. The number of sulfone groups is 1. The summed E-state index contributed by atoms with van der Waals surface area (Å²) in [5.41, 5.74) is 1.12. The van der Waals surface area contributed by atoms with Gasteiger partial charge in [0.2, 0.25) is 0 Å². The molecular formula is C12H12N2O3S2. The van der Waals surface area contributed by atoms with Gasteiger partial charge in [-0.3, -0.25) is 4.79 Å². The van der Waals surface area contributed by atoms with E-state index in [-0.39, 0.29) is 10.8 Å². The Labute approximate surface area is 115 Å². The molecule has 19 heavy (non-hydrogen) atoms. The largest absolute Gasteiger partial charge is 0.312 e. The van der Waals surface area contributed by atoms with E-state index in [9.17, 15) is 13.2 Å². The van der Waals surface area contributed by atoms with Crippen LogP contribution in [0.1, 0.15) is 16.1 Å². The first-order chi connectivity index (χ1) is 8.86. The van der Waals surface area contributed by atoms with Crippen LogP contribution >= 0.6 is 11.5 Å². The van der Waals surface area contributed by atoms with Crippen molar-refractivity contribution in [1.82, 2.24) is 4.37 Å². The normalized spacial score (nSPS) is 11.3. The van der Waals surface area contributed by atoms with Crippen molar-refractivity contribution in [2.75, 3.05) is 11.6 Å². The van der Waals surface area contributed by atoms with E-state index in [0.717, 1.165) is 11.9 Å². The first-order valence-electron chi connectivity index (χ1n) is 5.41. The van der Waals surface area contributed by atoms with E-state index in [4.69, 9.17) is 0 Å². The fourth-order valence-corrected chi connectivity index (χ4v) is 2.80. The first kappa shape index (κ1) is 13.7. The molecule has 1 aromatic heterocycles. The van der Waals surface area contributed by atoms with E-state index in [2.05, 4.69) is 9.69 Å². The minimum atomic E-state index is -3.32. The van der Waals surface area contributed by atoms with Crippen molar-refractivity contribution < 1.29 is 13.2 Å². The summed E-state index contributed by atoms with van der Waals surface area (Å²) in [5.74, 6) is -0.353. The number of rotatable bonds is 3. The minimum Gasteiger partial charge on any atom is -0.312 e. The molecule has 0 atom stereocenters. The number of anilines is 1. The molecule has 100 valence electrons. The van der Waals surface area contributed by atoms with Crippen molar-refractivity contribution in [3.8, 4) is 0 Å². The van der Waals surface area contributed by atoms with Crippen LogP contribution < -0.4 is 5.32 Å². The third-order valence-electron chi connectivity index (χ3n) is 2.39. The van der Waals surface area contributed by atoms with Crippen LogP contribution in [0.25, 0.3) is 0 Å². The molecule has 0 unspecified atom stereocenters. The zero-order chi connectivity index (χ0) is 14.0. The molecule has 0 saturated heterocycles. The third-order valence-corrected chi connectivity index (χ3v) is 4.30. The summed E-state index contributed by atoms with van der Waals surface area (Å²) in [5, 5.41) is 3.31. The van der Waals surface area contributed by atoms with Crippen molar-refractivity contribution in [1.29, 1.82) is 0 Å². The van der Waals surface area contributed by atoms with Gasteiger partial charge in [-0.15, -0.1) is 0 Å². The van der Waals surface area contributed by atoms with Crippen LogP contribution in [0.2, 0.25) is 0 Å². The zero-order valence-corrected chi connectivity index (χ0v) is 12.0. The highest BCUT2D eigenvalue weighted by atomic mass is 32.2. The van der Waals surface area contributed by atoms with Gasteiger partial charge in [0.1, 0.15) is 5.00 Å². The van der Waals surface area contributed by atoms with Gasteiger partial charge in [-0.05, 0) is 42.7 Å². The monoisotopic (exact) mass is 296 g/mol. The lowest BCUT2D eigenvalue weighted by Crippen LogP contribution is -2.11. The standard InChI is InChI=1S/C12H12N2O3S2/c1-8-6-11(18-14-8)13-12(15)9-4-3-5-10(7-9)19(2,16)17/h3-7H,1-2H3,(H,13,15). The van der Waals surface area contributed by atoms with Crippen LogP contribution in [0.4, 0.5) is 5.00 Å². The molecule has 1 N–H and O–H groups in total. The number of aryl methyl sites for hydroxylation is 1. The molecule has 0 aliphatic heterocycles. The molecule has 0 saturated carbocycles. The molecule has 0 spiro atoms. The molecule has 2 aromatic rings. The highest BCUT2D eigenvalue weighted by Crippen LogP contribution is 2.18. The Morgan fingerprint density at radius 1 is 1.32 bits per heavy atom. The molecule has 0 bridgehead atoms. The van der Waals surface area contributed by atoms with Crippen LogP contribution in [-0.4, -0.2) is 25.0 Å². The van der Waals surface area contributed by atoms with Gasteiger partial charge in [0.15, 0.2) is 9.84 Å². The molecule has 0 radical (unpaired) electrons. The van der Waals surface area contributed by atoms with Gasteiger partial charge >= 0.3 is 0 Å². The van der Waals surface area contributed by atoms with Crippen LogP contribution in [0.5, 0.6) is 0 Å². The Morgan fingerprint density at radius 2 is 2.05 bits per heavy atom. The van der Waals surface area contributed by atoms with Gasteiger partial charge in [-0.2, -0.15) is 4.37 Å². The van der Waals surface area contributed by atoms with E-state index in [0.29, 0.717) is 10.6 Å². The number of nitrogens with one attached hydrogen (secondary N) is 1. The number of carbonyl (C=O) groups excluding carboxylic acids is 1. The van der Waals surface area contributed by atoms with Crippen molar-refractivity contribution in [3.63, 3.8) is 0 Å². The fourth-order valence-electron chi connectivity index (χ4n) is 1.47. The summed E-state index contributed by atoms with van der Waals surface area (Å²) < 4.78 is 26.9. The van der Waals surface area contributed by atoms with Gasteiger partial charge in [0.25, 0.3) is 5.91 Å². The summed E-state index contributed by atoms with van der Waals surface area (Å²) in [7, 11) is -3.32. The predicted molar refractivity (Wildman–Crippen MR) is 74.4 cm³/mol. The molecule has 0 aliphatic carbocycles. The lowest BCUT2D eigenvalue weighted by molar-refractivity contribution is 0.102. The van der Waals surface area contributed by atoms with Crippen LogP contribution in [0, 0.1) is 6.92 Å². The Morgan fingerprint density at radius 3 is 2.63 bits per heavy atom. The number of amides is 1.